The van der Waals surface area contributed by atoms with Crippen molar-refractivity contribution >= 4 is 22.8 Å². The molecule has 8 heteroatoms. The highest BCUT2D eigenvalue weighted by Crippen LogP contribution is 2.35. The van der Waals surface area contributed by atoms with Crippen molar-refractivity contribution in [2.24, 2.45) is 0 Å². The molecule has 1 fully saturated rings. The molecule has 1 aliphatic rings. The van der Waals surface area contributed by atoms with Gasteiger partial charge in [-0.15, -0.1) is 0 Å². The molecule has 3 heterocycles. The molecule has 0 atom stereocenters. The molecule has 146 valence electrons. The molecule has 4 aromatic rings. The number of halogens is 2. The van der Waals surface area contributed by atoms with Crippen LogP contribution in [0.15, 0.2) is 54.7 Å². The van der Waals surface area contributed by atoms with E-state index < -0.39 is 11.6 Å². The molecule has 2 aromatic heterocycles. The quantitative estimate of drug-likeness (QED) is 0.485. The number of hydrogen-bond donors (Lipinski definition) is 0. The van der Waals surface area contributed by atoms with E-state index in [0.29, 0.717) is 29.3 Å². The van der Waals surface area contributed by atoms with Crippen LogP contribution >= 0.6 is 11.8 Å². The van der Waals surface area contributed by atoms with Crippen LogP contribution in [0.3, 0.4) is 0 Å². The van der Waals surface area contributed by atoms with E-state index >= 15 is 0 Å². The van der Waals surface area contributed by atoms with E-state index in [1.54, 1.807) is 6.20 Å². The lowest BCUT2D eigenvalue weighted by Gasteiger charge is -2.23. The first-order valence-electron chi connectivity index (χ1n) is 9.14. The number of ether oxygens (including phenoxy) is 1. The van der Waals surface area contributed by atoms with Crippen molar-refractivity contribution in [1.29, 1.82) is 0 Å². The normalized spacial score (nSPS) is 14.1. The van der Waals surface area contributed by atoms with Crippen LogP contribution in [0, 0.1) is 11.6 Å². The molecule has 0 spiro atoms. The molecule has 0 aliphatic carbocycles. The van der Waals surface area contributed by atoms with Gasteiger partial charge in [0.15, 0.2) is 11.5 Å². The van der Waals surface area contributed by atoms with Crippen LogP contribution in [0.2, 0.25) is 0 Å². The molecule has 1 saturated heterocycles. The lowest BCUT2D eigenvalue weighted by molar-refractivity contribution is 0.296. The van der Waals surface area contributed by atoms with Crippen molar-refractivity contribution < 1.29 is 13.5 Å². The third-order valence-electron chi connectivity index (χ3n) is 4.77. The summed E-state index contributed by atoms with van der Waals surface area (Å²) in [5.41, 5.74) is 1.58. The molecule has 0 N–H and O–H groups in total. The Hall–Kier alpha value is -3.00. The molecule has 1 aliphatic heterocycles. The summed E-state index contributed by atoms with van der Waals surface area (Å²) in [5, 5.41) is 4.87. The van der Waals surface area contributed by atoms with Crippen LogP contribution in [-0.4, -0.2) is 31.3 Å². The number of hydrogen-bond acceptors (Lipinski definition) is 5. The van der Waals surface area contributed by atoms with E-state index in [-0.39, 0.29) is 11.6 Å². The molecule has 5 rings (SSSR count). The summed E-state index contributed by atoms with van der Waals surface area (Å²) in [6, 6.07) is 13.2. The summed E-state index contributed by atoms with van der Waals surface area (Å²) in [7, 11) is 0. The van der Waals surface area contributed by atoms with Gasteiger partial charge in [0.25, 0.3) is 0 Å². The van der Waals surface area contributed by atoms with E-state index in [4.69, 9.17) is 4.74 Å². The van der Waals surface area contributed by atoms with Crippen molar-refractivity contribution in [2.45, 2.75) is 12.5 Å². The predicted molar refractivity (Wildman–Crippen MR) is 107 cm³/mol. The summed E-state index contributed by atoms with van der Waals surface area (Å²) < 4.78 is 35.1. The minimum Gasteiger partial charge on any atom is -0.472 e. The minimum absolute atomic E-state index is 0.128. The molecule has 2 aromatic carbocycles. The Balaban J connectivity index is 1.59. The third kappa shape index (κ3) is 3.44. The van der Waals surface area contributed by atoms with E-state index in [0.717, 1.165) is 23.1 Å². The van der Waals surface area contributed by atoms with Crippen molar-refractivity contribution in [2.75, 3.05) is 11.5 Å². The minimum atomic E-state index is -0.707. The van der Waals surface area contributed by atoms with Crippen LogP contribution in [-0.2, 0) is 6.61 Å². The van der Waals surface area contributed by atoms with Gasteiger partial charge in [-0.1, -0.05) is 30.3 Å². The molecule has 0 amide bonds. The van der Waals surface area contributed by atoms with Gasteiger partial charge in [-0.05, 0) is 17.7 Å². The summed E-state index contributed by atoms with van der Waals surface area (Å²) in [4.78, 5) is 9.28. The fourth-order valence-corrected chi connectivity index (χ4v) is 3.90. The van der Waals surface area contributed by atoms with E-state index in [1.807, 2.05) is 42.1 Å². The molecule has 0 bridgehead atoms. The Morgan fingerprint density at radius 2 is 1.90 bits per heavy atom. The maximum Gasteiger partial charge on any atom is 0.228 e. The monoisotopic (exact) mass is 410 g/mol. The van der Waals surface area contributed by atoms with Gasteiger partial charge in [-0.25, -0.2) is 18.4 Å². The highest BCUT2D eigenvalue weighted by Gasteiger charge is 2.26. The van der Waals surface area contributed by atoms with E-state index in [9.17, 15) is 8.78 Å². The summed E-state index contributed by atoms with van der Waals surface area (Å²) in [6.07, 6.45) is 1.55. The van der Waals surface area contributed by atoms with Gasteiger partial charge in [-0.2, -0.15) is 21.8 Å². The lowest BCUT2D eigenvalue weighted by Crippen LogP contribution is -2.19. The number of nitrogens with zero attached hydrogens (tertiary/aromatic N) is 4. The third-order valence-corrected chi connectivity index (χ3v) is 6.05. The van der Waals surface area contributed by atoms with Crippen LogP contribution in [0.5, 0.6) is 5.88 Å². The Morgan fingerprint density at radius 3 is 2.62 bits per heavy atom. The molecule has 29 heavy (non-hydrogen) atoms. The highest BCUT2D eigenvalue weighted by molar-refractivity contribution is 8.00. The molecular weight excluding hydrogens is 394 g/mol. The number of aromatic nitrogens is 4. The topological polar surface area (TPSA) is 52.8 Å². The first-order chi connectivity index (χ1) is 14.2. The van der Waals surface area contributed by atoms with Gasteiger partial charge in [0.2, 0.25) is 5.88 Å². The number of rotatable bonds is 5. The first kappa shape index (κ1) is 18.1. The van der Waals surface area contributed by atoms with E-state index in [2.05, 4.69) is 15.1 Å². The van der Waals surface area contributed by atoms with Gasteiger partial charge in [-0.3, -0.25) is 0 Å². The highest BCUT2D eigenvalue weighted by atomic mass is 32.2. The van der Waals surface area contributed by atoms with Crippen LogP contribution in [0.1, 0.15) is 17.3 Å². The van der Waals surface area contributed by atoms with Crippen molar-refractivity contribution in [3.05, 3.63) is 77.8 Å². The molecule has 5 nitrogen and oxygen atoms in total. The SMILES string of the molecule is Fc1ccc(-n2ncc3c(OCc4ccccc4)nc(C4CSC4)nc32)c(F)c1. The average Bonchev–Trinajstić information content (AvgIpc) is 3.09. The smallest absolute Gasteiger partial charge is 0.228 e. The molecule has 0 saturated carbocycles. The zero-order valence-electron chi connectivity index (χ0n) is 15.3. The van der Waals surface area contributed by atoms with Crippen molar-refractivity contribution in [3.8, 4) is 11.6 Å². The number of benzene rings is 2. The standard InChI is InChI=1S/C21H16F2N4OS/c22-15-6-7-18(17(23)8-15)27-20-16(9-24-27)21(26-19(25-20)14-11-29-12-14)28-10-13-4-2-1-3-5-13/h1-9,14H,10-12H2. The van der Waals surface area contributed by atoms with Gasteiger partial charge in [0.05, 0.1) is 6.20 Å². The van der Waals surface area contributed by atoms with Gasteiger partial charge < -0.3 is 4.74 Å². The van der Waals surface area contributed by atoms with Crippen LogP contribution < -0.4 is 4.74 Å². The second-order valence-corrected chi connectivity index (χ2v) is 7.86. The fourth-order valence-electron chi connectivity index (χ4n) is 3.13. The summed E-state index contributed by atoms with van der Waals surface area (Å²) in [6.45, 7) is 0.349. The number of thioether (sulfide) groups is 1. The maximum atomic E-state index is 14.4. The van der Waals surface area contributed by atoms with Crippen molar-refractivity contribution in [1.82, 2.24) is 19.7 Å². The predicted octanol–water partition coefficient (Wildman–Crippen LogP) is 4.50. The Kier molecular flexibility index (Phi) is 4.63. The Bertz CT molecular complexity index is 1180. The van der Waals surface area contributed by atoms with Gasteiger partial charge in [0, 0.05) is 23.5 Å². The van der Waals surface area contributed by atoms with Gasteiger partial charge in [0.1, 0.15) is 29.3 Å². The lowest BCUT2D eigenvalue weighted by atomic mass is 10.2. The maximum absolute atomic E-state index is 14.4. The van der Waals surface area contributed by atoms with Crippen LogP contribution in [0.4, 0.5) is 8.78 Å². The Morgan fingerprint density at radius 1 is 1.07 bits per heavy atom. The molecule has 0 unspecified atom stereocenters. The van der Waals surface area contributed by atoms with Crippen molar-refractivity contribution in [3.63, 3.8) is 0 Å². The Labute approximate surface area is 169 Å². The van der Waals surface area contributed by atoms with Crippen LogP contribution in [0.25, 0.3) is 16.7 Å². The average molecular weight is 410 g/mol. The van der Waals surface area contributed by atoms with Gasteiger partial charge >= 0.3 is 0 Å². The summed E-state index contributed by atoms with van der Waals surface area (Å²) >= 11 is 1.82. The molecule has 0 radical (unpaired) electrons. The molecular formula is C21H16F2N4OS. The largest absolute Gasteiger partial charge is 0.472 e. The first-order valence-corrected chi connectivity index (χ1v) is 10.3. The zero-order valence-corrected chi connectivity index (χ0v) is 16.1. The fraction of sp³-hybridized carbons (Fsp3) is 0.190. The van der Waals surface area contributed by atoms with E-state index in [1.165, 1.54) is 16.8 Å². The second-order valence-electron chi connectivity index (χ2n) is 6.79. The summed E-state index contributed by atoms with van der Waals surface area (Å²) in [5.74, 6) is 1.82. The second kappa shape index (κ2) is 7.44. The number of fused-ring (bicyclic) bond motifs is 1. The zero-order chi connectivity index (χ0) is 19.8.